The van der Waals surface area contributed by atoms with E-state index in [0.717, 1.165) is 30.2 Å². The lowest BCUT2D eigenvalue weighted by Crippen LogP contribution is -2.34. The van der Waals surface area contributed by atoms with Gasteiger partial charge in [0.1, 0.15) is 5.82 Å². The van der Waals surface area contributed by atoms with Crippen LogP contribution in [0.3, 0.4) is 0 Å². The lowest BCUT2D eigenvalue weighted by Gasteiger charge is -2.29. The highest BCUT2D eigenvalue weighted by atomic mass is 16.2. The van der Waals surface area contributed by atoms with E-state index < -0.39 is 0 Å². The first-order valence-electron chi connectivity index (χ1n) is 7.21. The maximum absolute atomic E-state index is 12.2. The monoisotopic (exact) mass is 282 g/mol. The molecule has 21 heavy (non-hydrogen) atoms. The molecule has 0 spiro atoms. The third-order valence-electron chi connectivity index (χ3n) is 3.57. The summed E-state index contributed by atoms with van der Waals surface area (Å²) in [5.74, 6) is 0.901. The molecule has 0 radical (unpaired) electrons. The predicted molar refractivity (Wildman–Crippen MR) is 82.1 cm³/mol. The zero-order valence-electron chi connectivity index (χ0n) is 12.0. The number of aromatic nitrogens is 2. The van der Waals surface area contributed by atoms with Crippen molar-refractivity contribution in [3.63, 3.8) is 0 Å². The molecule has 0 atom stereocenters. The van der Waals surface area contributed by atoms with Crippen LogP contribution in [0, 0.1) is 0 Å². The molecule has 2 heterocycles. The van der Waals surface area contributed by atoms with Crippen LogP contribution in [-0.2, 0) is 17.8 Å². The Kier molecular flexibility index (Phi) is 3.81. The second-order valence-electron chi connectivity index (χ2n) is 5.03. The minimum atomic E-state index is 0.145. The van der Waals surface area contributed by atoms with Gasteiger partial charge in [0.05, 0.1) is 24.6 Å². The largest absolute Gasteiger partial charge is 0.369 e. The number of nitrogens with one attached hydrogen (secondary N) is 1. The highest BCUT2D eigenvalue weighted by Gasteiger charge is 2.24. The predicted octanol–water partition coefficient (Wildman–Crippen LogP) is 2.39. The van der Waals surface area contributed by atoms with E-state index in [2.05, 4.69) is 21.4 Å². The van der Waals surface area contributed by atoms with Gasteiger partial charge in [-0.3, -0.25) is 9.78 Å². The van der Waals surface area contributed by atoms with Crippen molar-refractivity contribution in [3.8, 4) is 0 Å². The second-order valence-corrected chi connectivity index (χ2v) is 5.03. The Morgan fingerprint density at radius 1 is 1.19 bits per heavy atom. The molecular weight excluding hydrogens is 264 g/mol. The van der Waals surface area contributed by atoms with Gasteiger partial charge in [0.15, 0.2) is 0 Å². The first-order chi connectivity index (χ1) is 10.3. The van der Waals surface area contributed by atoms with Crippen molar-refractivity contribution in [2.24, 2.45) is 0 Å². The van der Waals surface area contributed by atoms with Gasteiger partial charge in [0, 0.05) is 18.7 Å². The van der Waals surface area contributed by atoms with Gasteiger partial charge in [-0.2, -0.15) is 0 Å². The Labute approximate surface area is 124 Å². The number of amides is 1. The standard InChI is InChI=1S/C16H18N4O/c1-2-17-15-10-18-13(9-19-15)11-20-14-6-4-3-5-12(14)7-8-16(20)21/h3-6,9-10H,2,7-8,11H2,1H3,(H,17,19). The Bertz CT molecular complexity index is 639. The minimum Gasteiger partial charge on any atom is -0.369 e. The van der Waals surface area contributed by atoms with E-state index in [1.165, 1.54) is 5.56 Å². The van der Waals surface area contributed by atoms with E-state index in [1.54, 1.807) is 17.3 Å². The number of rotatable bonds is 4. The lowest BCUT2D eigenvalue weighted by molar-refractivity contribution is -0.119. The van der Waals surface area contributed by atoms with E-state index in [9.17, 15) is 4.79 Å². The van der Waals surface area contributed by atoms with Crippen LogP contribution in [0.4, 0.5) is 11.5 Å². The molecule has 2 aromatic rings. The van der Waals surface area contributed by atoms with Gasteiger partial charge < -0.3 is 10.2 Å². The number of fused-ring (bicyclic) bond motifs is 1. The summed E-state index contributed by atoms with van der Waals surface area (Å²) in [6, 6.07) is 8.05. The Morgan fingerprint density at radius 3 is 2.81 bits per heavy atom. The van der Waals surface area contributed by atoms with Crippen molar-refractivity contribution in [2.45, 2.75) is 26.3 Å². The van der Waals surface area contributed by atoms with E-state index >= 15 is 0 Å². The third-order valence-corrected chi connectivity index (χ3v) is 3.57. The highest BCUT2D eigenvalue weighted by molar-refractivity contribution is 5.96. The lowest BCUT2D eigenvalue weighted by atomic mass is 10.0. The molecule has 1 aromatic carbocycles. The fourth-order valence-electron chi connectivity index (χ4n) is 2.54. The molecule has 1 N–H and O–H groups in total. The summed E-state index contributed by atoms with van der Waals surface area (Å²) >= 11 is 0. The van der Waals surface area contributed by atoms with Crippen molar-refractivity contribution in [1.29, 1.82) is 0 Å². The first kappa shape index (κ1) is 13.5. The van der Waals surface area contributed by atoms with Crippen LogP contribution in [-0.4, -0.2) is 22.4 Å². The summed E-state index contributed by atoms with van der Waals surface area (Å²) < 4.78 is 0. The fraction of sp³-hybridized carbons (Fsp3) is 0.312. The molecule has 1 aromatic heterocycles. The summed E-state index contributed by atoms with van der Waals surface area (Å²) in [5, 5.41) is 3.11. The normalized spacial score (nSPS) is 14.0. The summed E-state index contributed by atoms with van der Waals surface area (Å²) in [4.78, 5) is 22.7. The van der Waals surface area contributed by atoms with Crippen molar-refractivity contribution in [3.05, 3.63) is 47.9 Å². The molecule has 0 aliphatic carbocycles. The van der Waals surface area contributed by atoms with Crippen molar-refractivity contribution in [2.75, 3.05) is 16.8 Å². The Hall–Kier alpha value is -2.43. The number of para-hydroxylation sites is 1. The molecular formula is C16H18N4O. The van der Waals surface area contributed by atoms with Crippen LogP contribution >= 0.6 is 0 Å². The number of anilines is 2. The molecule has 0 unspecified atom stereocenters. The van der Waals surface area contributed by atoms with Crippen LogP contribution in [0.1, 0.15) is 24.6 Å². The number of nitrogens with zero attached hydrogens (tertiary/aromatic N) is 3. The quantitative estimate of drug-likeness (QED) is 0.935. The molecule has 1 aliphatic heterocycles. The van der Waals surface area contributed by atoms with Crippen LogP contribution in [0.15, 0.2) is 36.7 Å². The van der Waals surface area contributed by atoms with Crippen molar-refractivity contribution >= 4 is 17.4 Å². The third kappa shape index (κ3) is 2.86. The van der Waals surface area contributed by atoms with Gasteiger partial charge >= 0.3 is 0 Å². The second kappa shape index (κ2) is 5.91. The van der Waals surface area contributed by atoms with Crippen LogP contribution in [0.25, 0.3) is 0 Å². The van der Waals surface area contributed by atoms with Crippen molar-refractivity contribution in [1.82, 2.24) is 9.97 Å². The number of benzene rings is 1. The van der Waals surface area contributed by atoms with Gasteiger partial charge in [-0.1, -0.05) is 18.2 Å². The summed E-state index contributed by atoms with van der Waals surface area (Å²) in [7, 11) is 0. The zero-order chi connectivity index (χ0) is 14.7. The summed E-state index contributed by atoms with van der Waals surface area (Å²) in [6.07, 6.45) is 4.80. The molecule has 1 amide bonds. The summed E-state index contributed by atoms with van der Waals surface area (Å²) in [5.41, 5.74) is 3.00. The number of carbonyl (C=O) groups is 1. The van der Waals surface area contributed by atoms with Gasteiger partial charge in [-0.15, -0.1) is 0 Å². The number of carbonyl (C=O) groups excluding carboxylic acids is 1. The average Bonchev–Trinajstić information content (AvgIpc) is 2.52. The molecule has 5 heteroatoms. The van der Waals surface area contributed by atoms with Crippen LogP contribution in [0.2, 0.25) is 0 Å². The van der Waals surface area contributed by atoms with Crippen LogP contribution in [0.5, 0.6) is 0 Å². The van der Waals surface area contributed by atoms with Gasteiger partial charge in [0.2, 0.25) is 5.91 Å². The molecule has 0 fully saturated rings. The minimum absolute atomic E-state index is 0.145. The van der Waals surface area contributed by atoms with Gasteiger partial charge in [0.25, 0.3) is 0 Å². The Balaban J connectivity index is 1.82. The molecule has 0 saturated heterocycles. The van der Waals surface area contributed by atoms with E-state index in [4.69, 9.17) is 0 Å². The number of aryl methyl sites for hydroxylation is 1. The first-order valence-corrected chi connectivity index (χ1v) is 7.21. The Morgan fingerprint density at radius 2 is 2.05 bits per heavy atom. The maximum Gasteiger partial charge on any atom is 0.227 e. The SMILES string of the molecule is CCNc1cnc(CN2C(=O)CCc3ccccc32)cn1. The molecule has 1 aliphatic rings. The highest BCUT2D eigenvalue weighted by Crippen LogP contribution is 2.28. The van der Waals surface area contributed by atoms with Crippen LogP contribution < -0.4 is 10.2 Å². The molecule has 5 nitrogen and oxygen atoms in total. The molecule has 0 saturated carbocycles. The van der Waals surface area contributed by atoms with E-state index in [-0.39, 0.29) is 5.91 Å². The van der Waals surface area contributed by atoms with E-state index in [1.807, 2.05) is 25.1 Å². The summed E-state index contributed by atoms with van der Waals surface area (Å²) in [6.45, 7) is 3.29. The molecule has 3 rings (SSSR count). The van der Waals surface area contributed by atoms with E-state index in [0.29, 0.717) is 13.0 Å². The van der Waals surface area contributed by atoms with Gasteiger partial charge in [-0.25, -0.2) is 4.98 Å². The molecule has 108 valence electrons. The zero-order valence-corrected chi connectivity index (χ0v) is 12.0. The van der Waals surface area contributed by atoms with Gasteiger partial charge in [-0.05, 0) is 25.0 Å². The maximum atomic E-state index is 12.2. The smallest absolute Gasteiger partial charge is 0.227 e. The topological polar surface area (TPSA) is 58.1 Å². The molecule has 0 bridgehead atoms. The fourth-order valence-corrected chi connectivity index (χ4v) is 2.54. The average molecular weight is 282 g/mol. The number of hydrogen-bond donors (Lipinski definition) is 1. The van der Waals surface area contributed by atoms with Crippen molar-refractivity contribution < 1.29 is 4.79 Å². The number of hydrogen-bond acceptors (Lipinski definition) is 4.